The molecule has 0 saturated heterocycles. The molecule has 0 radical (unpaired) electrons. The van der Waals surface area contributed by atoms with Gasteiger partial charge in [-0.15, -0.1) is 0 Å². The molecule has 2 atom stereocenters. The predicted octanol–water partition coefficient (Wildman–Crippen LogP) is 5.15. The van der Waals surface area contributed by atoms with Gasteiger partial charge >= 0.3 is 12.3 Å². The van der Waals surface area contributed by atoms with Gasteiger partial charge in [0.2, 0.25) is 11.8 Å². The SMILES string of the molecule is CC(C)N1C(=O)[C@H](NC(=O)[C@@H](Cc2ccccc2C(F)(F)F)NC(=O)OC(C)(C)C)CCc2ccc(F)cc21. The Morgan fingerprint density at radius 3 is 2.38 bits per heavy atom. The highest BCUT2D eigenvalue weighted by atomic mass is 19.4. The maximum absolute atomic E-state index is 14.0. The number of rotatable bonds is 6. The lowest BCUT2D eigenvalue weighted by Gasteiger charge is -2.30. The number of hydrogen-bond acceptors (Lipinski definition) is 4. The first kappa shape index (κ1) is 29.9. The van der Waals surface area contributed by atoms with Crippen LogP contribution in [0.2, 0.25) is 0 Å². The molecule has 11 heteroatoms. The summed E-state index contributed by atoms with van der Waals surface area (Å²) in [6.45, 7) is 8.30. The number of benzene rings is 2. The highest BCUT2D eigenvalue weighted by Crippen LogP contribution is 2.33. The molecule has 0 unspecified atom stereocenters. The summed E-state index contributed by atoms with van der Waals surface area (Å²) in [5.41, 5.74) is -0.958. The van der Waals surface area contributed by atoms with Crippen LogP contribution in [-0.4, -0.2) is 41.6 Å². The van der Waals surface area contributed by atoms with Crippen molar-refractivity contribution in [2.75, 3.05) is 4.90 Å². The number of aryl methyl sites for hydroxylation is 1. The van der Waals surface area contributed by atoms with Crippen molar-refractivity contribution in [2.45, 2.75) is 83.8 Å². The Hall–Kier alpha value is -3.63. The third kappa shape index (κ3) is 7.70. The fourth-order valence-electron chi connectivity index (χ4n) is 4.48. The van der Waals surface area contributed by atoms with E-state index in [2.05, 4.69) is 10.6 Å². The molecular formula is C28H33F4N3O4. The summed E-state index contributed by atoms with van der Waals surface area (Å²) >= 11 is 0. The van der Waals surface area contributed by atoms with Gasteiger partial charge in [-0.2, -0.15) is 13.2 Å². The first-order chi connectivity index (χ1) is 18.1. The maximum Gasteiger partial charge on any atom is 0.416 e. The Morgan fingerprint density at radius 2 is 1.77 bits per heavy atom. The maximum atomic E-state index is 14.0. The predicted molar refractivity (Wildman–Crippen MR) is 138 cm³/mol. The molecular weight excluding hydrogens is 518 g/mol. The van der Waals surface area contributed by atoms with Crippen molar-refractivity contribution >= 4 is 23.6 Å². The lowest BCUT2D eigenvalue weighted by Crippen LogP contribution is -2.56. The number of hydrogen-bond donors (Lipinski definition) is 2. The van der Waals surface area contributed by atoms with Crippen LogP contribution in [0.25, 0.3) is 0 Å². The number of carbonyl (C=O) groups is 3. The van der Waals surface area contributed by atoms with Gasteiger partial charge in [-0.25, -0.2) is 9.18 Å². The number of anilines is 1. The molecule has 39 heavy (non-hydrogen) atoms. The minimum Gasteiger partial charge on any atom is -0.444 e. The number of fused-ring (bicyclic) bond motifs is 1. The van der Waals surface area contributed by atoms with Gasteiger partial charge in [-0.1, -0.05) is 24.3 Å². The third-order valence-electron chi connectivity index (χ3n) is 6.13. The summed E-state index contributed by atoms with van der Waals surface area (Å²) in [7, 11) is 0. The summed E-state index contributed by atoms with van der Waals surface area (Å²) < 4.78 is 60.2. The topological polar surface area (TPSA) is 87.7 Å². The first-order valence-electron chi connectivity index (χ1n) is 12.6. The van der Waals surface area contributed by atoms with Crippen molar-refractivity contribution in [2.24, 2.45) is 0 Å². The molecule has 2 aromatic carbocycles. The minimum atomic E-state index is -4.68. The second-order valence-electron chi connectivity index (χ2n) is 10.7. The van der Waals surface area contributed by atoms with Crippen LogP contribution < -0.4 is 15.5 Å². The molecule has 3 rings (SSSR count). The van der Waals surface area contributed by atoms with E-state index in [0.717, 1.165) is 11.6 Å². The summed E-state index contributed by atoms with van der Waals surface area (Å²) in [6, 6.07) is 5.97. The fourth-order valence-corrected chi connectivity index (χ4v) is 4.48. The number of alkyl carbamates (subject to hydrolysis) is 1. The molecule has 0 aromatic heterocycles. The Bertz CT molecular complexity index is 1220. The van der Waals surface area contributed by atoms with E-state index in [1.54, 1.807) is 40.7 Å². The molecule has 2 aromatic rings. The van der Waals surface area contributed by atoms with Gasteiger partial charge in [0.1, 0.15) is 23.5 Å². The largest absolute Gasteiger partial charge is 0.444 e. The Kier molecular flexibility index (Phi) is 8.92. The molecule has 7 nitrogen and oxygen atoms in total. The van der Waals surface area contributed by atoms with Crippen LogP contribution in [0.3, 0.4) is 0 Å². The molecule has 3 amide bonds. The Balaban J connectivity index is 1.90. The zero-order valence-corrected chi connectivity index (χ0v) is 22.5. The van der Waals surface area contributed by atoms with Crippen LogP contribution in [0.5, 0.6) is 0 Å². The zero-order valence-electron chi connectivity index (χ0n) is 22.5. The van der Waals surface area contributed by atoms with Gasteiger partial charge in [0.25, 0.3) is 0 Å². The second kappa shape index (κ2) is 11.6. The van der Waals surface area contributed by atoms with Crippen LogP contribution in [0.15, 0.2) is 42.5 Å². The summed E-state index contributed by atoms with van der Waals surface area (Å²) in [5.74, 6) is -1.86. The van der Waals surface area contributed by atoms with Crippen molar-refractivity contribution < 1.29 is 36.7 Å². The van der Waals surface area contributed by atoms with Gasteiger partial charge in [0.15, 0.2) is 0 Å². The van der Waals surface area contributed by atoms with Crippen LogP contribution >= 0.6 is 0 Å². The van der Waals surface area contributed by atoms with Crippen molar-refractivity contribution in [3.8, 4) is 0 Å². The number of nitrogens with one attached hydrogen (secondary N) is 2. The number of carbonyl (C=O) groups excluding carboxylic acids is 3. The van der Waals surface area contributed by atoms with E-state index in [9.17, 15) is 31.9 Å². The summed E-state index contributed by atoms with van der Waals surface area (Å²) in [4.78, 5) is 40.9. The Morgan fingerprint density at radius 1 is 1.10 bits per heavy atom. The van der Waals surface area contributed by atoms with Crippen molar-refractivity contribution in [1.29, 1.82) is 0 Å². The molecule has 1 aliphatic heterocycles. The Labute approximate surface area is 224 Å². The molecule has 212 valence electrons. The van der Waals surface area contributed by atoms with Crippen LogP contribution in [0.4, 0.5) is 28.0 Å². The molecule has 0 bridgehead atoms. The third-order valence-corrected chi connectivity index (χ3v) is 6.13. The first-order valence-corrected chi connectivity index (χ1v) is 12.6. The number of halogens is 4. The van der Waals surface area contributed by atoms with E-state index in [1.165, 1.54) is 35.2 Å². The molecule has 0 saturated carbocycles. The van der Waals surface area contributed by atoms with Crippen molar-refractivity contribution in [1.82, 2.24) is 10.6 Å². The smallest absolute Gasteiger partial charge is 0.416 e. The van der Waals surface area contributed by atoms with E-state index < -0.39 is 59.6 Å². The van der Waals surface area contributed by atoms with Gasteiger partial charge < -0.3 is 20.3 Å². The number of ether oxygens (including phenoxy) is 1. The summed E-state index contributed by atoms with van der Waals surface area (Å²) in [5, 5.41) is 4.98. The van der Waals surface area contributed by atoms with Gasteiger partial charge in [-0.3, -0.25) is 9.59 Å². The van der Waals surface area contributed by atoms with E-state index >= 15 is 0 Å². The van der Waals surface area contributed by atoms with Crippen molar-refractivity contribution in [3.05, 3.63) is 65.0 Å². The van der Waals surface area contributed by atoms with Gasteiger partial charge in [0.05, 0.1) is 11.3 Å². The van der Waals surface area contributed by atoms with Crippen LogP contribution in [-0.2, 0) is 33.3 Å². The molecule has 0 aliphatic carbocycles. The number of nitrogens with zero attached hydrogens (tertiary/aromatic N) is 1. The zero-order chi connectivity index (χ0) is 29.1. The lowest BCUT2D eigenvalue weighted by molar-refractivity contribution is -0.138. The van der Waals surface area contributed by atoms with Crippen molar-refractivity contribution in [3.63, 3.8) is 0 Å². The van der Waals surface area contributed by atoms with E-state index in [-0.39, 0.29) is 18.0 Å². The lowest BCUT2D eigenvalue weighted by atomic mass is 9.98. The standard InChI is InChI=1S/C28H33F4N3O4/c1-16(2)35-23-15-19(29)12-10-17(23)11-13-21(25(35)37)33-24(36)22(34-26(38)39-27(3,4)5)14-18-8-6-7-9-20(18)28(30,31)32/h6-10,12,15-16,21-22H,11,13-14H2,1-5H3,(H,33,36)(H,34,38)/t21-,22-/m1/s1. The molecule has 1 aliphatic rings. The number of alkyl halides is 3. The van der Waals surface area contributed by atoms with Gasteiger partial charge in [-0.05, 0) is 76.8 Å². The minimum absolute atomic E-state index is 0.171. The highest BCUT2D eigenvalue weighted by Gasteiger charge is 2.37. The average molecular weight is 552 g/mol. The van der Waals surface area contributed by atoms with Crippen LogP contribution in [0, 0.1) is 5.82 Å². The fraction of sp³-hybridized carbons (Fsp3) is 0.464. The van der Waals surface area contributed by atoms with Gasteiger partial charge in [0, 0.05) is 12.5 Å². The normalized spacial score (nSPS) is 16.8. The number of amides is 3. The molecule has 1 heterocycles. The molecule has 2 N–H and O–H groups in total. The van der Waals surface area contributed by atoms with E-state index in [1.807, 2.05) is 0 Å². The second-order valence-corrected chi connectivity index (χ2v) is 10.7. The molecule has 0 fully saturated rings. The quantitative estimate of drug-likeness (QED) is 0.486. The van der Waals surface area contributed by atoms with E-state index in [4.69, 9.17) is 4.74 Å². The monoisotopic (exact) mass is 551 g/mol. The average Bonchev–Trinajstić information content (AvgIpc) is 2.93. The summed E-state index contributed by atoms with van der Waals surface area (Å²) in [6.07, 6.45) is -5.66. The van der Waals surface area contributed by atoms with E-state index in [0.29, 0.717) is 12.1 Å². The highest BCUT2D eigenvalue weighted by molar-refractivity contribution is 6.01. The van der Waals surface area contributed by atoms with Crippen LogP contribution in [0.1, 0.15) is 57.7 Å². The molecule has 0 spiro atoms.